The topological polar surface area (TPSA) is 61.8 Å². The van der Waals surface area contributed by atoms with Crippen molar-refractivity contribution in [1.82, 2.24) is 14.9 Å². The van der Waals surface area contributed by atoms with Crippen molar-refractivity contribution in [2.45, 2.75) is 0 Å². The number of aromatic nitrogens is 2. The van der Waals surface area contributed by atoms with Crippen LogP contribution in [0.25, 0.3) is 0 Å². The molecule has 7 nitrogen and oxygen atoms in total. The van der Waals surface area contributed by atoms with Crippen LogP contribution < -0.4 is 9.80 Å². The Balaban J connectivity index is 1.40. The molecule has 2 aliphatic rings. The number of carbonyl (C=O) groups excluding carboxylic acids is 1. The van der Waals surface area contributed by atoms with Gasteiger partial charge >= 0.3 is 0 Å². The summed E-state index contributed by atoms with van der Waals surface area (Å²) in [6.07, 6.45) is 1.66. The lowest BCUT2D eigenvalue weighted by Crippen LogP contribution is -2.49. The Morgan fingerprint density at radius 3 is 2.52 bits per heavy atom. The predicted octanol–water partition coefficient (Wildman–Crippen LogP) is 1.93. The third-order valence-electron chi connectivity index (χ3n) is 4.90. The zero-order valence-electron chi connectivity index (χ0n) is 15.1. The molecular weight excluding hydrogens is 366 g/mol. The maximum absolute atomic E-state index is 12.9. The zero-order valence-corrected chi connectivity index (χ0v) is 15.8. The lowest BCUT2D eigenvalue weighted by molar-refractivity contribution is 0.0740. The van der Waals surface area contributed by atoms with Gasteiger partial charge in [-0.2, -0.15) is 0 Å². The number of anilines is 2. The van der Waals surface area contributed by atoms with Gasteiger partial charge in [0.15, 0.2) is 0 Å². The van der Waals surface area contributed by atoms with Crippen LogP contribution in [0.2, 0.25) is 5.02 Å². The molecule has 0 bridgehead atoms. The smallest absolute Gasteiger partial charge is 0.272 e. The Morgan fingerprint density at radius 1 is 1.00 bits per heavy atom. The zero-order chi connectivity index (χ0) is 18.6. The molecule has 0 atom stereocenters. The van der Waals surface area contributed by atoms with Gasteiger partial charge in [0.2, 0.25) is 5.95 Å². The second-order valence-electron chi connectivity index (χ2n) is 6.60. The number of hydrogen-bond donors (Lipinski definition) is 0. The van der Waals surface area contributed by atoms with E-state index in [4.69, 9.17) is 16.3 Å². The summed E-state index contributed by atoms with van der Waals surface area (Å²) in [7, 11) is 0. The van der Waals surface area contributed by atoms with E-state index in [1.807, 2.05) is 29.2 Å². The molecule has 8 heteroatoms. The summed E-state index contributed by atoms with van der Waals surface area (Å²) in [6.45, 7) is 5.66. The highest BCUT2D eigenvalue weighted by Gasteiger charge is 2.24. The number of ether oxygens (including phenoxy) is 1. The molecule has 0 saturated carbocycles. The van der Waals surface area contributed by atoms with Crippen molar-refractivity contribution in [3.63, 3.8) is 0 Å². The fourth-order valence-electron chi connectivity index (χ4n) is 3.39. The minimum atomic E-state index is -0.0438. The summed E-state index contributed by atoms with van der Waals surface area (Å²) in [4.78, 5) is 27.9. The number of carbonyl (C=O) groups is 1. The normalized spacial score (nSPS) is 17.9. The summed E-state index contributed by atoms with van der Waals surface area (Å²) in [5.74, 6) is 0.555. The molecule has 2 saturated heterocycles. The van der Waals surface area contributed by atoms with E-state index in [0.717, 1.165) is 36.9 Å². The molecule has 2 aromatic rings. The van der Waals surface area contributed by atoms with E-state index < -0.39 is 0 Å². The lowest BCUT2D eigenvalue weighted by Gasteiger charge is -2.36. The third kappa shape index (κ3) is 4.14. The molecule has 0 aliphatic carbocycles. The highest BCUT2D eigenvalue weighted by atomic mass is 35.5. The average Bonchev–Trinajstić information content (AvgIpc) is 2.74. The molecule has 1 aromatic carbocycles. The minimum Gasteiger partial charge on any atom is -0.378 e. The van der Waals surface area contributed by atoms with Gasteiger partial charge in [-0.05, 0) is 24.3 Å². The van der Waals surface area contributed by atoms with Gasteiger partial charge < -0.3 is 19.4 Å². The fraction of sp³-hybridized carbons (Fsp3) is 0.421. The van der Waals surface area contributed by atoms with Gasteiger partial charge in [-0.3, -0.25) is 4.79 Å². The molecule has 1 aromatic heterocycles. The predicted molar refractivity (Wildman–Crippen MR) is 105 cm³/mol. The van der Waals surface area contributed by atoms with E-state index in [0.29, 0.717) is 37.9 Å². The Hall–Kier alpha value is -2.38. The molecular formula is C19H22ClN5O2. The number of amides is 1. The van der Waals surface area contributed by atoms with E-state index in [9.17, 15) is 4.79 Å². The maximum Gasteiger partial charge on any atom is 0.272 e. The fourth-order valence-corrected chi connectivity index (χ4v) is 3.57. The minimum absolute atomic E-state index is 0.0438. The molecule has 0 N–H and O–H groups in total. The van der Waals surface area contributed by atoms with E-state index in [1.54, 1.807) is 12.3 Å². The number of morpholine rings is 1. The Bertz CT molecular complexity index is 804. The number of hydrogen-bond acceptors (Lipinski definition) is 6. The summed E-state index contributed by atoms with van der Waals surface area (Å²) < 4.78 is 5.36. The Labute approximate surface area is 163 Å². The first-order chi connectivity index (χ1) is 13.2. The highest BCUT2D eigenvalue weighted by molar-refractivity contribution is 6.30. The largest absolute Gasteiger partial charge is 0.378 e. The van der Waals surface area contributed by atoms with Gasteiger partial charge in [0.25, 0.3) is 5.91 Å². The van der Waals surface area contributed by atoms with Crippen molar-refractivity contribution in [2.75, 3.05) is 62.3 Å². The van der Waals surface area contributed by atoms with Crippen molar-refractivity contribution in [3.8, 4) is 0 Å². The standard InChI is InChI=1S/C19H22ClN5O2/c20-15-2-1-3-16(14-15)23-6-8-24(9-7-23)18(26)17-4-5-21-19(22-17)25-10-12-27-13-11-25/h1-5,14H,6-13H2. The number of nitrogens with zero attached hydrogens (tertiary/aromatic N) is 5. The SMILES string of the molecule is O=C(c1ccnc(N2CCOCC2)n1)N1CCN(c2cccc(Cl)c2)CC1. The first-order valence-electron chi connectivity index (χ1n) is 9.16. The quantitative estimate of drug-likeness (QED) is 0.802. The number of piperazine rings is 1. The highest BCUT2D eigenvalue weighted by Crippen LogP contribution is 2.21. The van der Waals surface area contributed by atoms with Crippen molar-refractivity contribution < 1.29 is 9.53 Å². The van der Waals surface area contributed by atoms with Crippen LogP contribution in [0.3, 0.4) is 0 Å². The molecule has 27 heavy (non-hydrogen) atoms. The number of benzene rings is 1. The third-order valence-corrected chi connectivity index (χ3v) is 5.13. The number of halogens is 1. The molecule has 1 amide bonds. The van der Waals surface area contributed by atoms with Crippen LogP contribution in [-0.4, -0.2) is 73.3 Å². The van der Waals surface area contributed by atoms with E-state index >= 15 is 0 Å². The van der Waals surface area contributed by atoms with Crippen molar-refractivity contribution in [3.05, 3.63) is 47.2 Å². The van der Waals surface area contributed by atoms with Gasteiger partial charge in [0.1, 0.15) is 5.69 Å². The van der Waals surface area contributed by atoms with Crippen molar-refractivity contribution in [1.29, 1.82) is 0 Å². The van der Waals surface area contributed by atoms with Crippen LogP contribution >= 0.6 is 11.6 Å². The summed E-state index contributed by atoms with van der Waals surface area (Å²) in [6, 6.07) is 9.51. The van der Waals surface area contributed by atoms with Crippen LogP contribution in [0.4, 0.5) is 11.6 Å². The van der Waals surface area contributed by atoms with Crippen LogP contribution in [0.5, 0.6) is 0 Å². The van der Waals surface area contributed by atoms with Crippen LogP contribution in [0.15, 0.2) is 36.5 Å². The summed E-state index contributed by atoms with van der Waals surface area (Å²) in [5, 5.41) is 0.725. The van der Waals surface area contributed by atoms with Gasteiger partial charge in [0.05, 0.1) is 13.2 Å². The van der Waals surface area contributed by atoms with Gasteiger partial charge in [-0.25, -0.2) is 9.97 Å². The van der Waals surface area contributed by atoms with Crippen molar-refractivity contribution >= 4 is 29.1 Å². The molecule has 4 rings (SSSR count). The van der Waals surface area contributed by atoms with Crippen LogP contribution in [0, 0.1) is 0 Å². The van der Waals surface area contributed by atoms with Gasteiger partial charge in [-0.1, -0.05) is 17.7 Å². The van der Waals surface area contributed by atoms with E-state index in [1.165, 1.54) is 0 Å². The van der Waals surface area contributed by atoms with Crippen LogP contribution in [-0.2, 0) is 4.74 Å². The van der Waals surface area contributed by atoms with E-state index in [-0.39, 0.29) is 5.91 Å². The number of rotatable bonds is 3. The molecule has 2 fully saturated rings. The molecule has 142 valence electrons. The second-order valence-corrected chi connectivity index (χ2v) is 7.04. The lowest BCUT2D eigenvalue weighted by atomic mass is 10.2. The van der Waals surface area contributed by atoms with E-state index in [2.05, 4.69) is 19.8 Å². The summed E-state index contributed by atoms with van der Waals surface area (Å²) >= 11 is 6.08. The molecule has 0 unspecified atom stereocenters. The Kier molecular flexibility index (Phi) is 5.40. The second kappa shape index (κ2) is 8.10. The summed E-state index contributed by atoms with van der Waals surface area (Å²) in [5.41, 5.74) is 1.54. The first kappa shape index (κ1) is 18.0. The maximum atomic E-state index is 12.9. The van der Waals surface area contributed by atoms with Crippen LogP contribution in [0.1, 0.15) is 10.5 Å². The monoisotopic (exact) mass is 387 g/mol. The Morgan fingerprint density at radius 2 is 1.78 bits per heavy atom. The van der Waals surface area contributed by atoms with Crippen molar-refractivity contribution in [2.24, 2.45) is 0 Å². The molecule has 0 radical (unpaired) electrons. The molecule has 3 heterocycles. The molecule has 0 spiro atoms. The van der Waals surface area contributed by atoms with Gasteiger partial charge in [0, 0.05) is 56.2 Å². The molecule has 2 aliphatic heterocycles. The van der Waals surface area contributed by atoms with Gasteiger partial charge in [-0.15, -0.1) is 0 Å². The average molecular weight is 388 g/mol. The first-order valence-corrected chi connectivity index (χ1v) is 9.54.